The maximum absolute atomic E-state index is 3.50. The average molecular weight is 237 g/mol. The molecular formula is C17H19N. The fraction of sp³-hybridized carbons (Fsp3) is 0.294. The van der Waals surface area contributed by atoms with Gasteiger partial charge in [0.1, 0.15) is 0 Å². The maximum Gasteiger partial charge on any atom is 0.0292 e. The molecule has 0 aliphatic heterocycles. The normalized spacial score (nSPS) is 11.9. The highest BCUT2D eigenvalue weighted by Gasteiger charge is 2.04. The minimum Gasteiger partial charge on any atom is -0.309 e. The lowest BCUT2D eigenvalue weighted by Crippen LogP contribution is -2.19. The highest BCUT2D eigenvalue weighted by atomic mass is 14.9. The maximum atomic E-state index is 3.50. The Morgan fingerprint density at radius 2 is 1.89 bits per heavy atom. The van der Waals surface area contributed by atoms with Gasteiger partial charge in [-0.3, -0.25) is 0 Å². The Hall–Kier alpha value is -1.78. The van der Waals surface area contributed by atoms with Crippen LogP contribution in [0.1, 0.15) is 31.9 Å². The molecule has 0 aliphatic carbocycles. The van der Waals surface area contributed by atoms with E-state index in [2.05, 4.69) is 66.5 Å². The Morgan fingerprint density at radius 1 is 1.11 bits per heavy atom. The monoisotopic (exact) mass is 237 g/mol. The number of hydrogen-bond donors (Lipinski definition) is 1. The summed E-state index contributed by atoms with van der Waals surface area (Å²) in [6, 6.07) is 15.5. The molecule has 18 heavy (non-hydrogen) atoms. The van der Waals surface area contributed by atoms with E-state index in [-0.39, 0.29) is 0 Å². The fourth-order valence-corrected chi connectivity index (χ4v) is 2.07. The van der Waals surface area contributed by atoms with E-state index in [1.54, 1.807) is 0 Å². The van der Waals surface area contributed by atoms with Gasteiger partial charge in [-0.05, 0) is 36.2 Å². The molecule has 0 unspecified atom stereocenters. The lowest BCUT2D eigenvalue weighted by atomic mass is 10.0. The van der Waals surface area contributed by atoms with Gasteiger partial charge in [-0.2, -0.15) is 0 Å². The Morgan fingerprint density at radius 3 is 2.67 bits per heavy atom. The van der Waals surface area contributed by atoms with Crippen molar-refractivity contribution < 1.29 is 0 Å². The smallest absolute Gasteiger partial charge is 0.0292 e. The van der Waals surface area contributed by atoms with Crippen LogP contribution in [0.5, 0.6) is 0 Å². The third-order valence-electron chi connectivity index (χ3n) is 3.15. The van der Waals surface area contributed by atoms with Crippen molar-refractivity contribution in [1.82, 2.24) is 5.32 Å². The molecule has 0 radical (unpaired) electrons. The van der Waals surface area contributed by atoms with Crippen molar-refractivity contribution in [3.8, 4) is 11.8 Å². The number of hydrogen-bond acceptors (Lipinski definition) is 1. The summed E-state index contributed by atoms with van der Waals surface area (Å²) in [7, 11) is 0. The Labute approximate surface area is 109 Å². The highest BCUT2D eigenvalue weighted by Crippen LogP contribution is 2.20. The first-order chi connectivity index (χ1) is 8.81. The SMILES string of the molecule is CC#CCCN[C@H](C)c1ccc2ccccc2c1. The van der Waals surface area contributed by atoms with E-state index in [9.17, 15) is 0 Å². The Kier molecular flexibility index (Phi) is 4.39. The number of nitrogens with one attached hydrogen (secondary N) is 1. The summed E-state index contributed by atoms with van der Waals surface area (Å²) < 4.78 is 0. The topological polar surface area (TPSA) is 12.0 Å². The van der Waals surface area contributed by atoms with Gasteiger partial charge in [-0.15, -0.1) is 11.8 Å². The van der Waals surface area contributed by atoms with E-state index in [1.807, 2.05) is 6.92 Å². The zero-order valence-electron chi connectivity index (χ0n) is 11.0. The molecule has 0 spiro atoms. The lowest BCUT2D eigenvalue weighted by molar-refractivity contribution is 0.584. The first-order valence-corrected chi connectivity index (χ1v) is 6.43. The van der Waals surface area contributed by atoms with Crippen LogP contribution in [0.3, 0.4) is 0 Å². The number of fused-ring (bicyclic) bond motifs is 1. The third kappa shape index (κ3) is 3.12. The molecule has 0 bridgehead atoms. The van der Waals surface area contributed by atoms with Crippen molar-refractivity contribution in [2.45, 2.75) is 26.3 Å². The van der Waals surface area contributed by atoms with Gasteiger partial charge in [0.05, 0.1) is 0 Å². The summed E-state index contributed by atoms with van der Waals surface area (Å²) in [5.41, 5.74) is 1.33. The molecule has 0 aromatic heterocycles. The van der Waals surface area contributed by atoms with Crippen LogP contribution in [0.15, 0.2) is 42.5 Å². The molecule has 0 saturated carbocycles. The predicted octanol–water partition coefficient (Wildman–Crippen LogP) is 3.90. The van der Waals surface area contributed by atoms with Crippen LogP contribution in [0.4, 0.5) is 0 Å². The van der Waals surface area contributed by atoms with Crippen molar-refractivity contribution in [3.05, 3.63) is 48.0 Å². The average Bonchev–Trinajstić information content (AvgIpc) is 2.43. The summed E-state index contributed by atoms with van der Waals surface area (Å²) >= 11 is 0. The van der Waals surface area contributed by atoms with E-state index in [1.165, 1.54) is 16.3 Å². The second-order valence-corrected chi connectivity index (χ2v) is 4.46. The van der Waals surface area contributed by atoms with Gasteiger partial charge in [-0.25, -0.2) is 0 Å². The molecule has 0 saturated heterocycles. The van der Waals surface area contributed by atoms with Gasteiger partial charge in [-0.1, -0.05) is 36.4 Å². The highest BCUT2D eigenvalue weighted by molar-refractivity contribution is 5.83. The molecule has 0 amide bonds. The first-order valence-electron chi connectivity index (χ1n) is 6.43. The number of benzene rings is 2. The van der Waals surface area contributed by atoms with Crippen LogP contribution >= 0.6 is 0 Å². The minimum atomic E-state index is 0.369. The molecule has 0 aliphatic rings. The predicted molar refractivity (Wildman–Crippen MR) is 78.4 cm³/mol. The Bertz CT molecular complexity index is 575. The second kappa shape index (κ2) is 6.23. The molecular weight excluding hydrogens is 218 g/mol. The zero-order chi connectivity index (χ0) is 12.8. The summed E-state index contributed by atoms with van der Waals surface area (Å²) in [5, 5.41) is 6.10. The van der Waals surface area contributed by atoms with Gasteiger partial charge < -0.3 is 5.32 Å². The van der Waals surface area contributed by atoms with Crippen LogP contribution in [-0.2, 0) is 0 Å². The van der Waals surface area contributed by atoms with Crippen LogP contribution in [0.25, 0.3) is 10.8 Å². The molecule has 1 N–H and O–H groups in total. The van der Waals surface area contributed by atoms with E-state index < -0.39 is 0 Å². The zero-order valence-corrected chi connectivity index (χ0v) is 11.0. The van der Waals surface area contributed by atoms with Crippen molar-refractivity contribution in [2.75, 3.05) is 6.54 Å². The quantitative estimate of drug-likeness (QED) is 0.628. The van der Waals surface area contributed by atoms with Crippen LogP contribution < -0.4 is 5.32 Å². The molecule has 2 rings (SSSR count). The Balaban J connectivity index is 2.07. The first kappa shape index (κ1) is 12.7. The third-order valence-corrected chi connectivity index (χ3v) is 3.15. The van der Waals surface area contributed by atoms with E-state index in [4.69, 9.17) is 0 Å². The van der Waals surface area contributed by atoms with E-state index >= 15 is 0 Å². The largest absolute Gasteiger partial charge is 0.309 e. The minimum absolute atomic E-state index is 0.369. The molecule has 1 nitrogen and oxygen atoms in total. The van der Waals surface area contributed by atoms with Gasteiger partial charge in [0, 0.05) is 19.0 Å². The summed E-state index contributed by atoms with van der Waals surface area (Å²) in [6.07, 6.45) is 0.911. The van der Waals surface area contributed by atoms with Gasteiger partial charge in [0.2, 0.25) is 0 Å². The van der Waals surface area contributed by atoms with Gasteiger partial charge in [0.25, 0.3) is 0 Å². The van der Waals surface area contributed by atoms with Gasteiger partial charge >= 0.3 is 0 Å². The number of rotatable bonds is 4. The van der Waals surface area contributed by atoms with E-state index in [0.717, 1.165) is 13.0 Å². The molecule has 0 heterocycles. The lowest BCUT2D eigenvalue weighted by Gasteiger charge is -2.14. The van der Waals surface area contributed by atoms with Crippen LogP contribution in [0.2, 0.25) is 0 Å². The fourth-order valence-electron chi connectivity index (χ4n) is 2.07. The second-order valence-electron chi connectivity index (χ2n) is 4.46. The molecule has 92 valence electrons. The molecule has 0 fully saturated rings. The van der Waals surface area contributed by atoms with Crippen molar-refractivity contribution in [2.24, 2.45) is 0 Å². The van der Waals surface area contributed by atoms with Gasteiger partial charge in [0.15, 0.2) is 0 Å². The van der Waals surface area contributed by atoms with Crippen molar-refractivity contribution >= 4 is 10.8 Å². The standard InChI is InChI=1S/C17H19N/c1-3-4-7-12-18-14(2)16-11-10-15-8-5-6-9-17(15)13-16/h5-6,8-11,13-14,18H,7,12H2,1-2H3/t14-/m1/s1. The molecule has 1 heteroatoms. The van der Waals surface area contributed by atoms with Crippen molar-refractivity contribution in [3.63, 3.8) is 0 Å². The van der Waals surface area contributed by atoms with Crippen molar-refractivity contribution in [1.29, 1.82) is 0 Å². The van der Waals surface area contributed by atoms with Crippen LogP contribution in [0, 0.1) is 11.8 Å². The summed E-state index contributed by atoms with van der Waals surface area (Å²) in [4.78, 5) is 0. The molecule has 2 aromatic carbocycles. The summed E-state index contributed by atoms with van der Waals surface area (Å²) in [5.74, 6) is 5.99. The molecule has 2 aromatic rings. The summed E-state index contributed by atoms with van der Waals surface area (Å²) in [6.45, 7) is 5.02. The molecule has 1 atom stereocenters. The van der Waals surface area contributed by atoms with Crippen LogP contribution in [-0.4, -0.2) is 6.54 Å². The van der Waals surface area contributed by atoms with E-state index in [0.29, 0.717) is 6.04 Å².